The van der Waals surface area contributed by atoms with Crippen LogP contribution in [0.5, 0.6) is 0 Å². The quantitative estimate of drug-likeness (QED) is 0.468. The highest BCUT2D eigenvalue weighted by atomic mass is 32.2. The fourth-order valence-electron chi connectivity index (χ4n) is 3.07. The van der Waals surface area contributed by atoms with E-state index in [4.69, 9.17) is 9.47 Å². The van der Waals surface area contributed by atoms with Gasteiger partial charge in [0.15, 0.2) is 5.41 Å². The van der Waals surface area contributed by atoms with E-state index in [0.29, 0.717) is 5.75 Å². The zero-order valence-electron chi connectivity index (χ0n) is 13.2. The van der Waals surface area contributed by atoms with Crippen molar-refractivity contribution in [3.8, 4) is 6.07 Å². The molecule has 6 heteroatoms. The molecule has 2 rings (SSSR count). The summed E-state index contributed by atoms with van der Waals surface area (Å²) in [5, 5.41) is 9.41. The van der Waals surface area contributed by atoms with Crippen LogP contribution in [-0.2, 0) is 19.1 Å². The topological polar surface area (TPSA) is 76.4 Å². The summed E-state index contributed by atoms with van der Waals surface area (Å²) in [4.78, 5) is 25.5. The molecule has 1 aliphatic rings. The molecule has 2 atom stereocenters. The molecule has 0 amide bonds. The minimum absolute atomic E-state index is 0.0663. The second-order valence-electron chi connectivity index (χ2n) is 5.59. The van der Waals surface area contributed by atoms with Crippen LogP contribution in [-0.4, -0.2) is 31.9 Å². The second kappa shape index (κ2) is 7.51. The summed E-state index contributed by atoms with van der Waals surface area (Å²) in [6.45, 7) is 0. The van der Waals surface area contributed by atoms with Gasteiger partial charge < -0.3 is 9.47 Å². The van der Waals surface area contributed by atoms with E-state index in [1.165, 1.54) is 14.2 Å². The molecular formula is C17H19NO4S. The first kappa shape index (κ1) is 17.4. The van der Waals surface area contributed by atoms with Crippen LogP contribution in [0.4, 0.5) is 0 Å². The van der Waals surface area contributed by atoms with Crippen LogP contribution in [0.1, 0.15) is 12.8 Å². The van der Waals surface area contributed by atoms with Crippen LogP contribution < -0.4 is 0 Å². The van der Waals surface area contributed by atoms with Crippen molar-refractivity contribution in [3.63, 3.8) is 0 Å². The van der Waals surface area contributed by atoms with Crippen molar-refractivity contribution in [1.29, 1.82) is 5.26 Å². The van der Waals surface area contributed by atoms with Gasteiger partial charge in [0, 0.05) is 10.6 Å². The average Bonchev–Trinajstić information content (AvgIpc) is 2.99. The van der Waals surface area contributed by atoms with E-state index in [2.05, 4.69) is 6.07 Å². The Bertz CT molecular complexity index is 595. The zero-order chi connectivity index (χ0) is 16.9. The predicted molar refractivity (Wildman–Crippen MR) is 85.5 cm³/mol. The fourth-order valence-corrected chi connectivity index (χ4v) is 4.18. The number of benzene rings is 1. The summed E-state index contributed by atoms with van der Waals surface area (Å²) in [5.41, 5.74) is -1.36. The van der Waals surface area contributed by atoms with Gasteiger partial charge in [-0.05, 0) is 30.9 Å². The number of carbonyl (C=O) groups excluding carboxylic acids is 2. The minimum atomic E-state index is -1.36. The summed E-state index contributed by atoms with van der Waals surface area (Å²) in [6, 6.07) is 12.1. The van der Waals surface area contributed by atoms with Gasteiger partial charge in [-0.15, -0.1) is 11.8 Å². The molecule has 1 aliphatic carbocycles. The van der Waals surface area contributed by atoms with Crippen LogP contribution >= 0.6 is 11.8 Å². The Morgan fingerprint density at radius 2 is 1.83 bits per heavy atom. The van der Waals surface area contributed by atoms with E-state index < -0.39 is 17.4 Å². The van der Waals surface area contributed by atoms with Crippen LogP contribution in [0.2, 0.25) is 0 Å². The lowest BCUT2D eigenvalue weighted by molar-refractivity contribution is -0.169. The summed E-state index contributed by atoms with van der Waals surface area (Å²) >= 11 is 1.62. The van der Waals surface area contributed by atoms with Gasteiger partial charge in [0.2, 0.25) is 0 Å². The van der Waals surface area contributed by atoms with E-state index >= 15 is 0 Å². The first-order valence-corrected chi connectivity index (χ1v) is 8.30. The molecule has 122 valence electrons. The average molecular weight is 333 g/mol. The highest BCUT2D eigenvalue weighted by molar-refractivity contribution is 7.99. The first-order chi connectivity index (χ1) is 11.1. The maximum absolute atomic E-state index is 12.2. The number of methoxy groups -OCH3 is 2. The number of carbonyl (C=O) groups is 2. The van der Waals surface area contributed by atoms with Gasteiger partial charge in [-0.1, -0.05) is 18.2 Å². The largest absolute Gasteiger partial charge is 0.468 e. The van der Waals surface area contributed by atoms with Crippen molar-refractivity contribution in [2.24, 2.45) is 17.3 Å². The van der Waals surface area contributed by atoms with E-state index in [-0.39, 0.29) is 24.7 Å². The van der Waals surface area contributed by atoms with Gasteiger partial charge in [0.05, 0.1) is 26.2 Å². The van der Waals surface area contributed by atoms with Gasteiger partial charge in [0.1, 0.15) is 0 Å². The molecule has 1 fully saturated rings. The fraction of sp³-hybridized carbons (Fsp3) is 0.471. The van der Waals surface area contributed by atoms with Gasteiger partial charge in [-0.3, -0.25) is 9.59 Å². The van der Waals surface area contributed by atoms with Crippen molar-refractivity contribution < 1.29 is 19.1 Å². The number of nitriles is 1. The molecule has 0 radical (unpaired) electrons. The number of rotatable bonds is 5. The molecule has 1 saturated carbocycles. The zero-order valence-corrected chi connectivity index (χ0v) is 14.0. The number of thioether (sulfide) groups is 1. The molecule has 0 aliphatic heterocycles. The Morgan fingerprint density at radius 3 is 2.35 bits per heavy atom. The molecule has 0 bridgehead atoms. The molecule has 0 spiro atoms. The van der Waals surface area contributed by atoms with Crippen LogP contribution in [0.25, 0.3) is 0 Å². The number of esters is 2. The molecule has 0 N–H and O–H groups in total. The third-order valence-corrected chi connectivity index (χ3v) is 5.47. The normalized spacial score (nSPS) is 22.1. The monoisotopic (exact) mass is 333 g/mol. The molecule has 5 nitrogen and oxygen atoms in total. The van der Waals surface area contributed by atoms with Gasteiger partial charge in [0.25, 0.3) is 0 Å². The van der Waals surface area contributed by atoms with Crippen molar-refractivity contribution in [2.45, 2.75) is 17.7 Å². The summed E-state index contributed by atoms with van der Waals surface area (Å²) < 4.78 is 9.62. The smallest absolute Gasteiger partial charge is 0.323 e. The summed E-state index contributed by atoms with van der Waals surface area (Å²) in [7, 11) is 2.50. The van der Waals surface area contributed by atoms with E-state index in [9.17, 15) is 14.9 Å². The lowest BCUT2D eigenvalue weighted by atomic mass is 9.85. The molecule has 0 heterocycles. The van der Waals surface area contributed by atoms with Crippen molar-refractivity contribution in [1.82, 2.24) is 0 Å². The standard InChI is InChI=1S/C17H19NO4S/c1-21-15(19)17(16(20)22-2)8-12(10-18)13(9-17)11-23-14-6-4-3-5-7-14/h3-7,12-13H,8-9,11H2,1-2H3/t12-,13?/m1/s1. The first-order valence-electron chi connectivity index (χ1n) is 7.31. The van der Waals surface area contributed by atoms with Crippen LogP contribution in [0.3, 0.4) is 0 Å². The third-order valence-electron chi connectivity index (χ3n) is 4.27. The Labute approximate surface area is 140 Å². The molecular weight excluding hydrogens is 314 g/mol. The third kappa shape index (κ3) is 3.50. The van der Waals surface area contributed by atoms with Crippen molar-refractivity contribution in [3.05, 3.63) is 30.3 Å². The van der Waals surface area contributed by atoms with E-state index in [1.807, 2.05) is 30.3 Å². The molecule has 1 aromatic rings. The van der Waals surface area contributed by atoms with E-state index in [1.54, 1.807) is 11.8 Å². The SMILES string of the molecule is COC(=O)C1(C(=O)OC)CC(CSc2ccccc2)[C@@H](C#N)C1. The lowest BCUT2D eigenvalue weighted by Crippen LogP contribution is -2.39. The Morgan fingerprint density at radius 1 is 1.22 bits per heavy atom. The maximum atomic E-state index is 12.2. The van der Waals surface area contributed by atoms with Crippen LogP contribution in [0.15, 0.2) is 35.2 Å². The maximum Gasteiger partial charge on any atom is 0.323 e. The Hall–Kier alpha value is -2.00. The molecule has 0 aromatic heterocycles. The molecule has 1 unspecified atom stereocenters. The van der Waals surface area contributed by atoms with Crippen molar-refractivity contribution in [2.75, 3.05) is 20.0 Å². The van der Waals surface area contributed by atoms with Gasteiger partial charge >= 0.3 is 11.9 Å². The molecule has 1 aromatic carbocycles. The number of hydrogen-bond donors (Lipinski definition) is 0. The summed E-state index contributed by atoms with van der Waals surface area (Å²) in [6.07, 6.45) is 0.438. The van der Waals surface area contributed by atoms with Gasteiger partial charge in [-0.2, -0.15) is 5.26 Å². The van der Waals surface area contributed by atoms with Gasteiger partial charge in [-0.25, -0.2) is 0 Å². The highest BCUT2D eigenvalue weighted by Gasteiger charge is 2.57. The number of nitrogens with zero attached hydrogens (tertiary/aromatic N) is 1. The lowest BCUT2D eigenvalue weighted by Gasteiger charge is -2.22. The predicted octanol–water partition coefficient (Wildman–Crippen LogP) is 2.66. The second-order valence-corrected chi connectivity index (χ2v) is 6.69. The minimum Gasteiger partial charge on any atom is -0.468 e. The molecule has 23 heavy (non-hydrogen) atoms. The Kier molecular flexibility index (Phi) is 5.67. The van der Waals surface area contributed by atoms with E-state index in [0.717, 1.165) is 4.90 Å². The number of hydrogen-bond acceptors (Lipinski definition) is 6. The molecule has 0 saturated heterocycles. The Balaban J connectivity index is 2.16. The highest BCUT2D eigenvalue weighted by Crippen LogP contribution is 2.48. The van der Waals surface area contributed by atoms with Crippen molar-refractivity contribution >= 4 is 23.7 Å². The summed E-state index contributed by atoms with van der Waals surface area (Å²) in [5.74, 6) is -1.00. The number of ether oxygens (including phenoxy) is 2. The van der Waals surface area contributed by atoms with Crippen LogP contribution in [0, 0.1) is 28.6 Å².